The third-order valence-corrected chi connectivity index (χ3v) is 5.68. The van der Waals surface area contributed by atoms with E-state index < -0.39 is 4.92 Å². The second-order valence-corrected chi connectivity index (χ2v) is 8.40. The first-order valence-electron chi connectivity index (χ1n) is 10.5. The molecule has 1 aliphatic rings. The maximum atomic E-state index is 12.4. The molecule has 10 nitrogen and oxygen atoms in total. The summed E-state index contributed by atoms with van der Waals surface area (Å²) in [6.45, 7) is 2.63. The van der Waals surface area contributed by atoms with Crippen LogP contribution in [0.3, 0.4) is 0 Å². The van der Waals surface area contributed by atoms with Gasteiger partial charge < -0.3 is 18.9 Å². The topological polar surface area (TPSA) is 122 Å². The van der Waals surface area contributed by atoms with E-state index in [1.165, 1.54) is 18.3 Å². The lowest BCUT2D eigenvalue weighted by Crippen LogP contribution is -2.17. The number of halogens is 1. The number of nitro groups is 1. The van der Waals surface area contributed by atoms with Crippen molar-refractivity contribution in [1.82, 2.24) is 5.43 Å². The SMILES string of the molecule is CCOc1cc(C=NNC(=O)c2ccc3c(c2)OCO3)cc(I)c1OCc1ccc([N+](=O)[O-])cc1. The minimum absolute atomic E-state index is 0.0209. The predicted octanol–water partition coefficient (Wildman–Crippen LogP) is 4.67. The zero-order valence-electron chi connectivity index (χ0n) is 18.5. The Morgan fingerprint density at radius 1 is 1.14 bits per heavy atom. The fourth-order valence-corrected chi connectivity index (χ4v) is 3.98. The summed E-state index contributed by atoms with van der Waals surface area (Å²) in [6.07, 6.45) is 1.51. The summed E-state index contributed by atoms with van der Waals surface area (Å²) in [7, 11) is 0. The molecule has 35 heavy (non-hydrogen) atoms. The minimum atomic E-state index is -0.446. The van der Waals surface area contributed by atoms with E-state index in [9.17, 15) is 14.9 Å². The summed E-state index contributed by atoms with van der Waals surface area (Å²) in [5, 5.41) is 14.9. The lowest BCUT2D eigenvalue weighted by molar-refractivity contribution is -0.384. The van der Waals surface area contributed by atoms with Gasteiger partial charge in [-0.25, -0.2) is 5.43 Å². The lowest BCUT2D eigenvalue weighted by Gasteiger charge is -2.14. The van der Waals surface area contributed by atoms with Crippen molar-refractivity contribution in [2.75, 3.05) is 13.4 Å². The Balaban J connectivity index is 1.43. The Kier molecular flexibility index (Phi) is 7.65. The highest BCUT2D eigenvalue weighted by molar-refractivity contribution is 14.1. The molecule has 0 radical (unpaired) electrons. The molecule has 0 bridgehead atoms. The summed E-state index contributed by atoms with van der Waals surface area (Å²) in [5.41, 5.74) is 4.39. The molecule has 0 aromatic heterocycles. The molecule has 1 aliphatic heterocycles. The number of nitro benzene ring substituents is 1. The third-order valence-electron chi connectivity index (χ3n) is 4.88. The fraction of sp³-hybridized carbons (Fsp3) is 0.167. The number of hydrazone groups is 1. The molecular weight excluding hydrogens is 569 g/mol. The van der Waals surface area contributed by atoms with Gasteiger partial charge in [0.2, 0.25) is 6.79 Å². The number of carbonyl (C=O) groups is 1. The van der Waals surface area contributed by atoms with Crippen LogP contribution < -0.4 is 24.4 Å². The van der Waals surface area contributed by atoms with Crippen LogP contribution in [0.25, 0.3) is 0 Å². The maximum Gasteiger partial charge on any atom is 0.271 e. The van der Waals surface area contributed by atoms with Gasteiger partial charge in [-0.05, 0) is 83.1 Å². The van der Waals surface area contributed by atoms with Gasteiger partial charge in [-0.15, -0.1) is 0 Å². The van der Waals surface area contributed by atoms with E-state index in [1.807, 2.05) is 13.0 Å². The van der Waals surface area contributed by atoms with Crippen molar-refractivity contribution in [2.24, 2.45) is 5.10 Å². The Labute approximate surface area is 214 Å². The number of carbonyl (C=O) groups excluding carboxylic acids is 1. The zero-order chi connectivity index (χ0) is 24.8. The molecule has 11 heteroatoms. The Morgan fingerprint density at radius 2 is 1.91 bits per heavy atom. The van der Waals surface area contributed by atoms with Gasteiger partial charge in [0.15, 0.2) is 23.0 Å². The first-order valence-corrected chi connectivity index (χ1v) is 11.6. The highest BCUT2D eigenvalue weighted by Gasteiger charge is 2.16. The van der Waals surface area contributed by atoms with E-state index in [4.69, 9.17) is 18.9 Å². The highest BCUT2D eigenvalue weighted by atomic mass is 127. The van der Waals surface area contributed by atoms with Gasteiger partial charge in [-0.1, -0.05) is 0 Å². The van der Waals surface area contributed by atoms with Crippen molar-refractivity contribution in [3.63, 3.8) is 0 Å². The van der Waals surface area contributed by atoms with Crippen molar-refractivity contribution >= 4 is 40.4 Å². The summed E-state index contributed by atoms with van der Waals surface area (Å²) in [5.74, 6) is 1.79. The number of amides is 1. The van der Waals surface area contributed by atoms with Crippen LogP contribution >= 0.6 is 22.6 Å². The standard InChI is InChI=1S/C24H20IN3O7/c1-2-32-22-10-16(12-26-27-24(29)17-5-8-20-21(11-17)35-14-34-20)9-19(25)23(22)33-13-15-3-6-18(7-4-15)28(30)31/h3-12H,2,13-14H2,1H3,(H,27,29). The van der Waals surface area contributed by atoms with Gasteiger partial charge in [0.05, 0.1) is 21.3 Å². The van der Waals surface area contributed by atoms with Crippen LogP contribution in [0.15, 0.2) is 59.7 Å². The maximum absolute atomic E-state index is 12.4. The average Bonchev–Trinajstić information content (AvgIpc) is 3.32. The molecule has 0 atom stereocenters. The molecule has 0 saturated carbocycles. The van der Waals surface area contributed by atoms with Crippen LogP contribution in [0.5, 0.6) is 23.0 Å². The van der Waals surface area contributed by atoms with Crippen molar-refractivity contribution in [3.05, 3.63) is 85.0 Å². The fourth-order valence-electron chi connectivity index (χ4n) is 3.20. The number of nitrogens with zero attached hydrogens (tertiary/aromatic N) is 2. The number of rotatable bonds is 9. The smallest absolute Gasteiger partial charge is 0.271 e. The Hall–Kier alpha value is -3.87. The third kappa shape index (κ3) is 5.98. The average molecular weight is 589 g/mol. The van der Waals surface area contributed by atoms with E-state index in [0.29, 0.717) is 40.7 Å². The van der Waals surface area contributed by atoms with Crippen LogP contribution in [0.1, 0.15) is 28.4 Å². The van der Waals surface area contributed by atoms with Gasteiger partial charge in [0, 0.05) is 17.7 Å². The molecule has 0 saturated heterocycles. The van der Waals surface area contributed by atoms with E-state index in [0.717, 1.165) is 9.13 Å². The highest BCUT2D eigenvalue weighted by Crippen LogP contribution is 2.35. The van der Waals surface area contributed by atoms with Gasteiger partial charge in [0.1, 0.15) is 6.61 Å². The number of benzene rings is 3. The quantitative estimate of drug-likeness (QED) is 0.167. The predicted molar refractivity (Wildman–Crippen MR) is 135 cm³/mol. The van der Waals surface area contributed by atoms with Crippen molar-refractivity contribution < 1.29 is 28.7 Å². The first kappa shape index (κ1) is 24.3. The van der Waals surface area contributed by atoms with Gasteiger partial charge in [-0.2, -0.15) is 5.10 Å². The summed E-state index contributed by atoms with van der Waals surface area (Å²) >= 11 is 2.13. The summed E-state index contributed by atoms with van der Waals surface area (Å²) in [6, 6.07) is 14.7. The number of ether oxygens (including phenoxy) is 4. The van der Waals surface area contributed by atoms with Gasteiger partial charge >= 0.3 is 0 Å². The molecule has 1 amide bonds. The van der Waals surface area contributed by atoms with E-state index in [1.54, 1.807) is 36.4 Å². The molecule has 180 valence electrons. The monoisotopic (exact) mass is 589 g/mol. The lowest BCUT2D eigenvalue weighted by atomic mass is 10.2. The number of nitrogens with one attached hydrogen (secondary N) is 1. The van der Waals surface area contributed by atoms with Crippen LogP contribution in [0.4, 0.5) is 5.69 Å². The molecule has 1 heterocycles. The Morgan fingerprint density at radius 3 is 2.66 bits per heavy atom. The molecule has 0 aliphatic carbocycles. The molecule has 0 spiro atoms. The number of hydrogen-bond donors (Lipinski definition) is 1. The van der Waals surface area contributed by atoms with Crippen LogP contribution in [0, 0.1) is 13.7 Å². The van der Waals surface area contributed by atoms with Gasteiger partial charge in [0.25, 0.3) is 11.6 Å². The molecular formula is C24H20IN3O7. The molecule has 1 N–H and O–H groups in total. The molecule has 3 aromatic rings. The van der Waals surface area contributed by atoms with Crippen molar-refractivity contribution in [3.8, 4) is 23.0 Å². The normalized spacial score (nSPS) is 11.9. The second-order valence-electron chi connectivity index (χ2n) is 7.24. The number of non-ortho nitro benzene ring substituents is 1. The largest absolute Gasteiger partial charge is 0.490 e. The summed E-state index contributed by atoms with van der Waals surface area (Å²) in [4.78, 5) is 22.8. The number of fused-ring (bicyclic) bond motifs is 1. The Bertz CT molecular complexity index is 1280. The minimum Gasteiger partial charge on any atom is -0.490 e. The molecule has 0 fully saturated rings. The van der Waals surface area contributed by atoms with E-state index in [2.05, 4.69) is 33.1 Å². The second kappa shape index (κ2) is 11.0. The molecule has 3 aromatic carbocycles. The first-order chi connectivity index (χ1) is 16.9. The zero-order valence-corrected chi connectivity index (χ0v) is 20.7. The van der Waals surface area contributed by atoms with Gasteiger partial charge in [-0.3, -0.25) is 14.9 Å². The van der Waals surface area contributed by atoms with Crippen molar-refractivity contribution in [2.45, 2.75) is 13.5 Å². The van der Waals surface area contributed by atoms with Crippen molar-refractivity contribution in [1.29, 1.82) is 0 Å². The summed E-state index contributed by atoms with van der Waals surface area (Å²) < 4.78 is 23.0. The number of hydrogen-bond acceptors (Lipinski definition) is 8. The van der Waals surface area contributed by atoms with E-state index in [-0.39, 0.29) is 25.0 Å². The molecule has 0 unspecified atom stereocenters. The van der Waals surface area contributed by atoms with Crippen LogP contribution in [-0.2, 0) is 6.61 Å². The van der Waals surface area contributed by atoms with Crippen LogP contribution in [-0.4, -0.2) is 30.4 Å². The molecule has 4 rings (SSSR count). The van der Waals surface area contributed by atoms with E-state index >= 15 is 0 Å². The van der Waals surface area contributed by atoms with Crippen LogP contribution in [0.2, 0.25) is 0 Å².